The van der Waals surface area contributed by atoms with Crippen molar-refractivity contribution in [3.63, 3.8) is 0 Å². The summed E-state index contributed by atoms with van der Waals surface area (Å²) in [4.78, 5) is 21.5. The largest absolute Gasteiger partial charge is 0.493 e. The van der Waals surface area contributed by atoms with Crippen LogP contribution in [0.1, 0.15) is 18.1 Å². The van der Waals surface area contributed by atoms with E-state index in [1.54, 1.807) is 0 Å². The number of carbonyl (C=O) groups is 2. The molecule has 0 aromatic heterocycles. The van der Waals surface area contributed by atoms with Gasteiger partial charge in [-0.15, -0.1) is 0 Å². The molecule has 7 nitrogen and oxygen atoms in total. The van der Waals surface area contributed by atoms with Crippen molar-refractivity contribution in [1.29, 1.82) is 0 Å². The molecular formula is C17H21NO6. The van der Waals surface area contributed by atoms with Crippen LogP contribution in [-0.2, 0) is 14.3 Å². The van der Waals surface area contributed by atoms with Crippen LogP contribution >= 0.6 is 0 Å². The summed E-state index contributed by atoms with van der Waals surface area (Å²) >= 11 is 0. The fourth-order valence-electron chi connectivity index (χ4n) is 2.78. The Labute approximate surface area is 140 Å². The van der Waals surface area contributed by atoms with Gasteiger partial charge >= 0.3 is 11.9 Å². The van der Waals surface area contributed by atoms with Crippen LogP contribution < -0.4 is 4.74 Å². The molecule has 130 valence electrons. The number of fused-ring (bicyclic) bond motifs is 3. The first-order valence-electron chi connectivity index (χ1n) is 7.66. The number of nitrogens with zero attached hydrogens (tertiary/aromatic N) is 1. The molecule has 24 heavy (non-hydrogen) atoms. The first-order valence-corrected chi connectivity index (χ1v) is 7.66. The lowest BCUT2D eigenvalue weighted by molar-refractivity contribution is -0.134. The molecule has 1 aromatic carbocycles. The molecule has 7 heteroatoms. The third-order valence-electron chi connectivity index (χ3n) is 3.92. The number of carboxylic acid groups (broad SMARTS) is 2. The number of benzene rings is 1. The van der Waals surface area contributed by atoms with Crippen molar-refractivity contribution in [1.82, 2.24) is 4.90 Å². The molecule has 2 unspecified atom stereocenters. The highest BCUT2D eigenvalue weighted by Gasteiger charge is 2.34. The number of ether oxygens (including phenoxy) is 2. The minimum absolute atomic E-state index is 0.178. The Morgan fingerprint density at radius 1 is 1.17 bits per heavy atom. The van der Waals surface area contributed by atoms with Crippen LogP contribution in [-0.4, -0.2) is 59.9 Å². The number of hydrogen-bond acceptors (Lipinski definition) is 5. The maximum atomic E-state index is 9.55. The molecule has 0 bridgehead atoms. The van der Waals surface area contributed by atoms with E-state index in [1.807, 2.05) is 12.1 Å². The fourth-order valence-corrected chi connectivity index (χ4v) is 2.78. The smallest absolute Gasteiger partial charge is 0.328 e. The summed E-state index contributed by atoms with van der Waals surface area (Å²) in [5, 5.41) is 15.6. The van der Waals surface area contributed by atoms with E-state index < -0.39 is 11.9 Å². The van der Waals surface area contributed by atoms with Gasteiger partial charge in [-0.1, -0.05) is 18.2 Å². The Hall–Kier alpha value is -2.38. The molecule has 0 amide bonds. The van der Waals surface area contributed by atoms with Gasteiger partial charge < -0.3 is 19.7 Å². The number of para-hydroxylation sites is 1. The molecule has 0 saturated carbocycles. The van der Waals surface area contributed by atoms with Crippen LogP contribution in [0.3, 0.4) is 0 Å². The zero-order valence-corrected chi connectivity index (χ0v) is 13.4. The van der Waals surface area contributed by atoms with E-state index in [2.05, 4.69) is 24.1 Å². The number of carboxylic acids is 2. The number of aliphatic carboxylic acids is 2. The van der Waals surface area contributed by atoms with Crippen molar-refractivity contribution in [2.24, 2.45) is 0 Å². The fraction of sp³-hybridized carbons (Fsp3) is 0.412. The van der Waals surface area contributed by atoms with Crippen LogP contribution in [0.5, 0.6) is 5.75 Å². The maximum absolute atomic E-state index is 9.55. The van der Waals surface area contributed by atoms with Gasteiger partial charge in [0.25, 0.3) is 0 Å². The van der Waals surface area contributed by atoms with Crippen LogP contribution in [0.2, 0.25) is 0 Å². The lowest BCUT2D eigenvalue weighted by Gasteiger charge is -2.38. The van der Waals surface area contributed by atoms with Gasteiger partial charge in [-0.25, -0.2) is 9.59 Å². The summed E-state index contributed by atoms with van der Waals surface area (Å²) in [6.07, 6.45) is 2.33. The molecule has 1 saturated heterocycles. The predicted molar refractivity (Wildman–Crippen MR) is 86.1 cm³/mol. The summed E-state index contributed by atoms with van der Waals surface area (Å²) in [5.74, 6) is -1.52. The van der Waals surface area contributed by atoms with E-state index in [-0.39, 0.29) is 6.10 Å². The Bertz CT molecular complexity index is 599. The molecule has 0 spiro atoms. The monoisotopic (exact) mass is 335 g/mol. The molecule has 2 aliphatic heterocycles. The van der Waals surface area contributed by atoms with Crippen molar-refractivity contribution in [3.05, 3.63) is 42.0 Å². The van der Waals surface area contributed by atoms with Gasteiger partial charge in [0.05, 0.1) is 13.2 Å². The summed E-state index contributed by atoms with van der Waals surface area (Å²) in [5.41, 5.74) is 1.21. The van der Waals surface area contributed by atoms with Gasteiger partial charge in [0.15, 0.2) is 0 Å². The topological polar surface area (TPSA) is 96.3 Å². The van der Waals surface area contributed by atoms with Crippen molar-refractivity contribution in [2.75, 3.05) is 26.8 Å². The van der Waals surface area contributed by atoms with E-state index >= 15 is 0 Å². The number of rotatable bonds is 2. The van der Waals surface area contributed by atoms with Gasteiger partial charge in [0.1, 0.15) is 11.9 Å². The predicted octanol–water partition coefficient (Wildman–Crippen LogP) is 1.55. The normalized spacial score (nSPS) is 23.0. The quantitative estimate of drug-likeness (QED) is 0.792. The molecule has 0 aliphatic carbocycles. The molecular weight excluding hydrogens is 314 g/mol. The van der Waals surface area contributed by atoms with Crippen molar-refractivity contribution in [3.8, 4) is 5.75 Å². The average Bonchev–Trinajstić information content (AvgIpc) is 2.74. The highest BCUT2D eigenvalue weighted by atomic mass is 16.5. The molecule has 2 atom stereocenters. The molecule has 2 N–H and O–H groups in total. The van der Waals surface area contributed by atoms with Gasteiger partial charge in [0, 0.05) is 30.3 Å². The highest BCUT2D eigenvalue weighted by Crippen LogP contribution is 2.37. The maximum Gasteiger partial charge on any atom is 0.328 e. The molecule has 3 rings (SSSR count). The van der Waals surface area contributed by atoms with E-state index in [4.69, 9.17) is 19.7 Å². The second-order valence-corrected chi connectivity index (χ2v) is 5.52. The molecule has 1 fully saturated rings. The number of morpholine rings is 1. The number of hydrogen-bond donors (Lipinski definition) is 2. The molecule has 2 heterocycles. The summed E-state index contributed by atoms with van der Waals surface area (Å²) in [6.45, 7) is 2.61. The van der Waals surface area contributed by atoms with E-state index in [0.29, 0.717) is 18.2 Å². The zero-order chi connectivity index (χ0) is 17.5. The van der Waals surface area contributed by atoms with Gasteiger partial charge in [-0.2, -0.15) is 0 Å². The molecule has 2 aliphatic rings. The van der Waals surface area contributed by atoms with Gasteiger partial charge in [-0.3, -0.25) is 4.90 Å². The summed E-state index contributed by atoms with van der Waals surface area (Å²) in [6, 6.07) is 8.69. The first-order chi connectivity index (χ1) is 11.5. The third-order valence-corrected chi connectivity index (χ3v) is 3.92. The van der Waals surface area contributed by atoms with Crippen molar-refractivity contribution >= 4 is 11.9 Å². The molecule has 1 aromatic rings. The lowest BCUT2D eigenvalue weighted by atomic mass is 9.97. The Balaban J connectivity index is 0.000000224. The highest BCUT2D eigenvalue weighted by molar-refractivity contribution is 5.89. The van der Waals surface area contributed by atoms with Crippen LogP contribution in [0.4, 0.5) is 0 Å². The average molecular weight is 335 g/mol. The first kappa shape index (κ1) is 18.0. The van der Waals surface area contributed by atoms with Crippen LogP contribution in [0.15, 0.2) is 36.4 Å². The van der Waals surface area contributed by atoms with Crippen molar-refractivity contribution < 1.29 is 29.3 Å². The number of likely N-dealkylation sites (N-methyl/N-ethyl adjacent to an activating group) is 1. The van der Waals surface area contributed by atoms with Gasteiger partial charge in [0.2, 0.25) is 0 Å². The van der Waals surface area contributed by atoms with Crippen LogP contribution in [0, 0.1) is 0 Å². The van der Waals surface area contributed by atoms with Crippen molar-refractivity contribution in [2.45, 2.75) is 18.6 Å². The summed E-state index contributed by atoms with van der Waals surface area (Å²) in [7, 11) is 2.17. The van der Waals surface area contributed by atoms with Gasteiger partial charge in [-0.05, 0) is 19.5 Å². The van der Waals surface area contributed by atoms with E-state index in [0.717, 1.165) is 31.9 Å². The minimum atomic E-state index is -1.26. The lowest BCUT2D eigenvalue weighted by Crippen LogP contribution is -2.44. The van der Waals surface area contributed by atoms with Crippen LogP contribution in [0.25, 0.3) is 0 Å². The third kappa shape index (κ3) is 4.81. The minimum Gasteiger partial charge on any atom is -0.493 e. The standard InChI is InChI=1S/C13H17NO2.C4H4O4/c1-14-7-9-16-13-10-4-2-3-5-12(10)15-8-6-11(13)14;5-3(6)1-2-4(7)8/h2-5,11,13H,6-9H2,1H3;1-2H,(H,5,6)(H,7,8)/b;2-1-. The van der Waals surface area contributed by atoms with E-state index in [1.165, 1.54) is 5.56 Å². The molecule has 0 radical (unpaired) electrons. The Morgan fingerprint density at radius 3 is 2.50 bits per heavy atom. The zero-order valence-electron chi connectivity index (χ0n) is 13.4. The SMILES string of the molecule is CN1CCOC2c3ccccc3OCCC21.O=C(O)/C=C\C(=O)O. The van der Waals surface area contributed by atoms with E-state index in [9.17, 15) is 9.59 Å². The second kappa shape index (κ2) is 8.47. The Morgan fingerprint density at radius 2 is 1.83 bits per heavy atom. The second-order valence-electron chi connectivity index (χ2n) is 5.52. The Kier molecular flexibility index (Phi) is 6.34. The summed E-state index contributed by atoms with van der Waals surface area (Å²) < 4.78 is 11.7.